The number of rotatable bonds is 8. The maximum Gasteiger partial charge on any atom is 0.0540 e. The molecule has 342 valence electrons. The minimum absolute atomic E-state index is 1.12. The van der Waals surface area contributed by atoms with Crippen molar-refractivity contribution in [3.63, 3.8) is 0 Å². The highest BCUT2D eigenvalue weighted by Crippen LogP contribution is 2.50. The van der Waals surface area contributed by atoms with Crippen LogP contribution >= 0.6 is 22.7 Å². The molecule has 0 radical (unpaired) electrons. The summed E-state index contributed by atoms with van der Waals surface area (Å²) < 4.78 is 5.28. The molecule has 0 saturated heterocycles. The zero-order chi connectivity index (χ0) is 48.2. The molecule has 0 spiro atoms. The molecule has 0 aliphatic carbocycles. The third kappa shape index (κ3) is 6.89. The largest absolute Gasteiger partial charge is 0.310 e. The number of aryl methyl sites for hydroxylation is 4. The minimum Gasteiger partial charge on any atom is -0.310 e. The Kier molecular flexibility index (Phi) is 9.86. The summed E-state index contributed by atoms with van der Waals surface area (Å²) in [5.41, 5.74) is 16.7. The van der Waals surface area contributed by atoms with Crippen molar-refractivity contribution >= 4 is 129 Å². The lowest BCUT2D eigenvalue weighted by Crippen LogP contribution is -2.12. The summed E-state index contributed by atoms with van der Waals surface area (Å²) >= 11 is 3.77. The zero-order valence-electron chi connectivity index (χ0n) is 40.5. The molecule has 0 bridgehead atoms. The van der Waals surface area contributed by atoms with Crippen LogP contribution in [0.25, 0.3) is 94.9 Å². The lowest BCUT2D eigenvalue weighted by molar-refractivity contribution is 1.26. The van der Waals surface area contributed by atoms with Crippen LogP contribution in [0.2, 0.25) is 0 Å². The van der Waals surface area contributed by atoms with Gasteiger partial charge in [0.15, 0.2) is 0 Å². The number of hydrogen-bond acceptors (Lipinski definition) is 4. The SMILES string of the molecule is Cc1cc(C)cc(N(c2cccc(-c3cccc4c3sc3ccccc34)c2)c2ccc3ccc4c(N(c5cc(C)cc(C)c5)c5cccc(-c6cccc7c6sc6ccccc67)c5)ccc5ccc2c3c54)c1. The second kappa shape index (κ2) is 16.7. The summed E-state index contributed by atoms with van der Waals surface area (Å²) in [5.74, 6) is 0. The van der Waals surface area contributed by atoms with Crippen LogP contribution in [0.5, 0.6) is 0 Å². The van der Waals surface area contributed by atoms with Crippen LogP contribution in [0.15, 0.2) is 218 Å². The Bertz CT molecular complexity index is 4150. The lowest BCUT2D eigenvalue weighted by Gasteiger charge is -2.30. The van der Waals surface area contributed by atoms with E-state index in [1.54, 1.807) is 0 Å². The Hall–Kier alpha value is -8.28. The van der Waals surface area contributed by atoms with Crippen molar-refractivity contribution in [2.45, 2.75) is 27.7 Å². The fraction of sp³-hybridized carbons (Fsp3) is 0.0588. The smallest absolute Gasteiger partial charge is 0.0540 e. The molecule has 0 saturated carbocycles. The molecular weight excluding hydrogens is 909 g/mol. The van der Waals surface area contributed by atoms with E-state index in [0.717, 1.165) is 34.1 Å². The predicted octanol–water partition coefficient (Wildman–Crippen LogP) is 20.8. The molecule has 72 heavy (non-hydrogen) atoms. The van der Waals surface area contributed by atoms with E-state index in [1.807, 2.05) is 22.7 Å². The van der Waals surface area contributed by atoms with Crippen molar-refractivity contribution in [3.8, 4) is 22.3 Å². The van der Waals surface area contributed by atoms with Gasteiger partial charge in [-0.25, -0.2) is 0 Å². The number of hydrogen-bond donors (Lipinski definition) is 0. The van der Waals surface area contributed by atoms with Crippen molar-refractivity contribution in [2.24, 2.45) is 0 Å². The first-order chi connectivity index (χ1) is 35.3. The molecule has 0 aliphatic rings. The lowest BCUT2D eigenvalue weighted by atomic mass is 9.91. The van der Waals surface area contributed by atoms with Crippen molar-refractivity contribution < 1.29 is 0 Å². The van der Waals surface area contributed by atoms with Crippen molar-refractivity contribution in [1.29, 1.82) is 0 Å². The summed E-state index contributed by atoms with van der Waals surface area (Å²) in [5, 5.41) is 12.7. The highest BCUT2D eigenvalue weighted by atomic mass is 32.1. The van der Waals surface area contributed by atoms with Gasteiger partial charge in [0.25, 0.3) is 0 Å². The van der Waals surface area contributed by atoms with Gasteiger partial charge in [-0.2, -0.15) is 0 Å². The van der Waals surface area contributed by atoms with Crippen LogP contribution in [0, 0.1) is 27.7 Å². The van der Waals surface area contributed by atoms with Crippen molar-refractivity contribution in [2.75, 3.05) is 9.80 Å². The van der Waals surface area contributed by atoms with E-state index in [0.29, 0.717) is 0 Å². The van der Waals surface area contributed by atoms with Gasteiger partial charge >= 0.3 is 0 Å². The average Bonchev–Trinajstić information content (AvgIpc) is 3.97. The number of fused-ring (bicyclic) bond motifs is 6. The minimum atomic E-state index is 1.12. The molecular formula is C68H48N2S2. The van der Waals surface area contributed by atoms with Gasteiger partial charge < -0.3 is 9.80 Å². The van der Waals surface area contributed by atoms with E-state index in [-0.39, 0.29) is 0 Å². The Balaban J connectivity index is 0.969. The van der Waals surface area contributed by atoms with E-state index in [9.17, 15) is 0 Å². The number of benzene rings is 12. The summed E-state index contributed by atoms with van der Waals surface area (Å²) in [4.78, 5) is 4.98. The number of anilines is 6. The maximum atomic E-state index is 2.49. The second-order valence-corrected chi connectivity index (χ2v) is 21.7. The quantitative estimate of drug-likeness (QED) is 0.140. The summed E-state index contributed by atoms with van der Waals surface area (Å²) in [6, 6.07) is 82.1. The van der Waals surface area contributed by atoms with E-state index in [4.69, 9.17) is 0 Å². The number of thiophene rings is 2. The van der Waals surface area contributed by atoms with Crippen molar-refractivity contribution in [1.82, 2.24) is 0 Å². The molecule has 0 amide bonds. The van der Waals surface area contributed by atoms with Gasteiger partial charge in [-0.05, 0) is 167 Å². The molecule has 2 heterocycles. The van der Waals surface area contributed by atoms with Crippen LogP contribution in [0.1, 0.15) is 22.3 Å². The van der Waals surface area contributed by atoms with Gasteiger partial charge in [0.2, 0.25) is 0 Å². The van der Waals surface area contributed by atoms with Crippen LogP contribution in [-0.4, -0.2) is 0 Å². The standard InChI is InChI=1S/C68H48N2S2/c1-41-33-42(2)36-51(35-41)69(49-15-9-13-47(39-49)53-19-11-21-57-55-17-5-7-23-63(55)71-67(53)57)61-31-27-45-26-30-60-62(32-28-46-25-29-59(61)65(45)66(46)60)70(52-37-43(3)34-44(4)38-52)50-16-10-14-48(40-50)54-20-12-22-58-56-18-6-8-24-64(56)72-68(54)58/h5-40H,1-4H3. The van der Waals surface area contributed by atoms with Gasteiger partial charge in [0.05, 0.1) is 11.4 Å². The van der Waals surface area contributed by atoms with Gasteiger partial charge in [-0.1, -0.05) is 146 Å². The number of nitrogens with zero attached hydrogens (tertiary/aromatic N) is 2. The van der Waals surface area contributed by atoms with Gasteiger partial charge in [0, 0.05) is 73.9 Å². The molecule has 0 fully saturated rings. The van der Waals surface area contributed by atoms with Crippen LogP contribution in [-0.2, 0) is 0 Å². The molecule has 0 N–H and O–H groups in total. The van der Waals surface area contributed by atoms with Gasteiger partial charge in [-0.15, -0.1) is 22.7 Å². The molecule has 0 unspecified atom stereocenters. The summed E-state index contributed by atoms with van der Waals surface area (Å²) in [6.07, 6.45) is 0. The third-order valence-corrected chi connectivity index (χ3v) is 17.1. The van der Waals surface area contributed by atoms with E-state index in [1.165, 1.54) is 117 Å². The Morgan fingerprint density at radius 2 is 0.681 bits per heavy atom. The average molecular weight is 957 g/mol. The normalized spacial score (nSPS) is 11.9. The highest BCUT2D eigenvalue weighted by Gasteiger charge is 2.24. The third-order valence-electron chi connectivity index (χ3n) is 14.7. The van der Waals surface area contributed by atoms with Crippen LogP contribution in [0.4, 0.5) is 34.1 Å². The molecule has 12 aromatic carbocycles. The fourth-order valence-electron chi connectivity index (χ4n) is 11.7. The molecule has 4 heteroatoms. The molecule has 0 atom stereocenters. The molecule has 2 nitrogen and oxygen atoms in total. The van der Waals surface area contributed by atoms with E-state index < -0.39 is 0 Å². The summed E-state index contributed by atoms with van der Waals surface area (Å²) in [7, 11) is 0. The Morgan fingerprint density at radius 3 is 1.12 bits per heavy atom. The fourth-order valence-corrected chi connectivity index (χ4v) is 14.2. The first-order valence-electron chi connectivity index (χ1n) is 24.8. The Labute approximate surface area is 427 Å². The molecule has 14 rings (SSSR count). The first kappa shape index (κ1) is 42.6. The zero-order valence-corrected chi connectivity index (χ0v) is 42.1. The molecule has 0 aliphatic heterocycles. The second-order valence-electron chi connectivity index (χ2n) is 19.6. The van der Waals surface area contributed by atoms with Crippen molar-refractivity contribution in [3.05, 3.63) is 241 Å². The topological polar surface area (TPSA) is 6.48 Å². The van der Waals surface area contributed by atoms with Crippen LogP contribution < -0.4 is 9.80 Å². The summed E-state index contributed by atoms with van der Waals surface area (Å²) in [6.45, 7) is 8.84. The van der Waals surface area contributed by atoms with Crippen LogP contribution in [0.3, 0.4) is 0 Å². The first-order valence-corrected chi connectivity index (χ1v) is 26.4. The van der Waals surface area contributed by atoms with E-state index in [2.05, 4.69) is 256 Å². The van der Waals surface area contributed by atoms with Gasteiger partial charge in [-0.3, -0.25) is 0 Å². The molecule has 2 aromatic heterocycles. The molecule has 14 aromatic rings. The Morgan fingerprint density at radius 1 is 0.292 bits per heavy atom. The maximum absolute atomic E-state index is 2.49. The highest BCUT2D eigenvalue weighted by molar-refractivity contribution is 7.26. The predicted molar refractivity (Wildman–Crippen MR) is 315 cm³/mol. The van der Waals surface area contributed by atoms with Gasteiger partial charge in [0.1, 0.15) is 0 Å². The van der Waals surface area contributed by atoms with E-state index >= 15 is 0 Å². The monoisotopic (exact) mass is 956 g/mol.